The van der Waals surface area contributed by atoms with Crippen LogP contribution in [0.15, 0.2) is 42.5 Å². The average molecular weight is 473 g/mol. The molecule has 0 fully saturated rings. The molecule has 0 heterocycles. The molecule has 0 aromatic heterocycles. The second-order valence-electron chi connectivity index (χ2n) is 9.92. The number of carboxylic acids is 1. The van der Waals surface area contributed by atoms with Crippen molar-refractivity contribution in [3.63, 3.8) is 0 Å². The molecule has 2 rings (SSSR count). The standard InChI is InChI=1S/C25H36N2O5Si/c1-17(12-18-8-7-9-20(13-18)24(30)31)26-15-23(32-33(5,6)25(2,3)4)19-10-11-22(29)21(14-19)27-16-28/h7-11,13-14,16-17,23,26,29H,12,15H2,1-6H3,(H,27,28)(H,30,31)/t17-,23+/m1/s1. The Kier molecular flexibility index (Phi) is 8.82. The maximum atomic E-state index is 11.2. The van der Waals surface area contributed by atoms with Gasteiger partial charge in [-0.15, -0.1) is 0 Å². The second-order valence-corrected chi connectivity index (χ2v) is 14.7. The van der Waals surface area contributed by atoms with E-state index in [1.54, 1.807) is 30.3 Å². The first-order chi connectivity index (χ1) is 15.3. The Morgan fingerprint density at radius 1 is 1.18 bits per heavy atom. The van der Waals surface area contributed by atoms with Gasteiger partial charge in [0.2, 0.25) is 6.41 Å². The third-order valence-corrected chi connectivity index (χ3v) is 10.7. The van der Waals surface area contributed by atoms with Crippen LogP contribution in [0.4, 0.5) is 5.69 Å². The van der Waals surface area contributed by atoms with Crippen molar-refractivity contribution in [1.82, 2.24) is 5.32 Å². The van der Waals surface area contributed by atoms with Crippen LogP contribution in [0, 0.1) is 0 Å². The molecule has 0 aliphatic heterocycles. The van der Waals surface area contributed by atoms with Crippen LogP contribution in [-0.2, 0) is 15.6 Å². The molecule has 0 unspecified atom stereocenters. The molecule has 2 atom stereocenters. The van der Waals surface area contributed by atoms with E-state index < -0.39 is 14.3 Å². The van der Waals surface area contributed by atoms with Crippen LogP contribution in [0.1, 0.15) is 55.3 Å². The molecule has 1 amide bonds. The van der Waals surface area contributed by atoms with Gasteiger partial charge >= 0.3 is 5.97 Å². The maximum Gasteiger partial charge on any atom is 0.335 e. The third-order valence-electron chi connectivity index (χ3n) is 6.22. The summed E-state index contributed by atoms with van der Waals surface area (Å²) in [6, 6.07) is 12.1. The van der Waals surface area contributed by atoms with Crippen molar-refractivity contribution in [2.75, 3.05) is 11.9 Å². The Balaban J connectivity index is 2.22. The van der Waals surface area contributed by atoms with Gasteiger partial charge < -0.3 is 25.3 Å². The van der Waals surface area contributed by atoms with Crippen molar-refractivity contribution in [1.29, 1.82) is 0 Å². The van der Waals surface area contributed by atoms with Crippen LogP contribution in [0.25, 0.3) is 0 Å². The number of carboxylic acid groups (broad SMARTS) is 1. The van der Waals surface area contributed by atoms with Crippen molar-refractivity contribution in [2.24, 2.45) is 0 Å². The van der Waals surface area contributed by atoms with Crippen molar-refractivity contribution in [3.05, 3.63) is 59.2 Å². The van der Waals surface area contributed by atoms with Crippen LogP contribution >= 0.6 is 0 Å². The quantitative estimate of drug-likeness (QED) is 0.210. The number of aromatic hydroxyl groups is 1. The smallest absolute Gasteiger partial charge is 0.335 e. The van der Waals surface area contributed by atoms with E-state index in [0.29, 0.717) is 25.1 Å². The molecule has 2 aromatic carbocycles. The lowest BCUT2D eigenvalue weighted by Gasteiger charge is -2.40. The van der Waals surface area contributed by atoms with Gasteiger partial charge in [0.05, 0.1) is 17.4 Å². The largest absolute Gasteiger partial charge is 0.506 e. The van der Waals surface area contributed by atoms with E-state index in [0.717, 1.165) is 11.1 Å². The molecular weight excluding hydrogens is 436 g/mol. The Morgan fingerprint density at radius 3 is 2.48 bits per heavy atom. The molecule has 0 spiro atoms. The van der Waals surface area contributed by atoms with Gasteiger partial charge in [0, 0.05) is 12.6 Å². The minimum atomic E-state index is -2.12. The molecule has 0 saturated heterocycles. The molecule has 0 aliphatic carbocycles. The molecule has 4 N–H and O–H groups in total. The topological polar surface area (TPSA) is 108 Å². The van der Waals surface area contributed by atoms with E-state index in [1.807, 2.05) is 19.1 Å². The van der Waals surface area contributed by atoms with Crippen molar-refractivity contribution in [3.8, 4) is 5.75 Å². The van der Waals surface area contributed by atoms with Gasteiger partial charge in [0.1, 0.15) is 5.75 Å². The molecule has 33 heavy (non-hydrogen) atoms. The number of phenolic OH excluding ortho intramolecular Hbond substituents is 1. The minimum absolute atomic E-state index is 0.00318. The molecule has 0 saturated carbocycles. The van der Waals surface area contributed by atoms with Gasteiger partial charge in [-0.1, -0.05) is 39.0 Å². The Hall–Kier alpha value is -2.68. The number of hydrogen-bond donors (Lipinski definition) is 4. The highest BCUT2D eigenvalue weighted by Gasteiger charge is 2.39. The van der Waals surface area contributed by atoms with Gasteiger partial charge in [-0.05, 0) is 66.9 Å². The normalized spacial score (nSPS) is 13.9. The maximum absolute atomic E-state index is 11.2. The molecule has 0 aliphatic rings. The fraction of sp³-hybridized carbons (Fsp3) is 0.440. The predicted octanol–water partition coefficient (Wildman–Crippen LogP) is 4.94. The summed E-state index contributed by atoms with van der Waals surface area (Å²) in [5, 5.41) is 25.3. The zero-order valence-electron chi connectivity index (χ0n) is 20.3. The molecular formula is C25H36N2O5Si. The first-order valence-corrected chi connectivity index (χ1v) is 14.0. The number of nitrogens with one attached hydrogen (secondary N) is 2. The third kappa shape index (κ3) is 7.41. The second kappa shape index (κ2) is 11.0. The highest BCUT2D eigenvalue weighted by Crippen LogP contribution is 2.40. The number of benzene rings is 2. The zero-order valence-corrected chi connectivity index (χ0v) is 21.3. The van der Waals surface area contributed by atoms with Crippen LogP contribution in [-0.4, -0.2) is 43.5 Å². The van der Waals surface area contributed by atoms with E-state index in [4.69, 9.17) is 4.43 Å². The first kappa shape index (κ1) is 26.6. The van der Waals surface area contributed by atoms with Crippen molar-refractivity contribution >= 4 is 26.4 Å². The molecule has 180 valence electrons. The summed E-state index contributed by atoms with van der Waals surface area (Å²) in [5.41, 5.74) is 2.41. The lowest BCUT2D eigenvalue weighted by molar-refractivity contribution is -0.105. The number of aromatic carboxylic acids is 1. The van der Waals surface area contributed by atoms with Crippen LogP contribution in [0.2, 0.25) is 18.1 Å². The van der Waals surface area contributed by atoms with Crippen molar-refractivity contribution in [2.45, 2.75) is 64.4 Å². The Bertz CT molecular complexity index is 972. The fourth-order valence-electron chi connectivity index (χ4n) is 3.26. The highest BCUT2D eigenvalue weighted by molar-refractivity contribution is 6.74. The van der Waals surface area contributed by atoms with E-state index in [2.05, 4.69) is 44.5 Å². The van der Waals surface area contributed by atoms with Crippen LogP contribution in [0.3, 0.4) is 0 Å². The van der Waals surface area contributed by atoms with Crippen molar-refractivity contribution < 1.29 is 24.2 Å². The summed E-state index contributed by atoms with van der Waals surface area (Å²) in [5.74, 6) is -0.941. The van der Waals surface area contributed by atoms with Gasteiger partial charge in [0.15, 0.2) is 8.32 Å². The van der Waals surface area contributed by atoms with Gasteiger partial charge in [-0.25, -0.2) is 4.79 Å². The number of amides is 1. The Morgan fingerprint density at radius 2 is 1.88 bits per heavy atom. The van der Waals surface area contributed by atoms with Crippen LogP contribution in [0.5, 0.6) is 5.75 Å². The van der Waals surface area contributed by atoms with E-state index in [9.17, 15) is 19.8 Å². The summed E-state index contributed by atoms with van der Waals surface area (Å²) in [6.07, 6.45) is 0.918. The SMILES string of the molecule is C[C@H](Cc1cccc(C(=O)O)c1)NC[C@H](O[Si](C)(C)C(C)(C)C)c1ccc(O)c(NC=O)c1. The van der Waals surface area contributed by atoms with E-state index in [1.165, 1.54) is 0 Å². The zero-order chi connectivity index (χ0) is 24.8. The van der Waals surface area contributed by atoms with Gasteiger partial charge in [0.25, 0.3) is 0 Å². The monoisotopic (exact) mass is 472 g/mol. The molecule has 2 aromatic rings. The highest BCUT2D eigenvalue weighted by atomic mass is 28.4. The summed E-state index contributed by atoms with van der Waals surface area (Å²) >= 11 is 0. The molecule has 8 heteroatoms. The summed E-state index contributed by atoms with van der Waals surface area (Å²) in [6.45, 7) is 13.5. The Labute approximate surface area is 197 Å². The average Bonchev–Trinajstić information content (AvgIpc) is 2.72. The number of rotatable bonds is 11. The van der Waals surface area contributed by atoms with Crippen LogP contribution < -0.4 is 10.6 Å². The molecule has 0 radical (unpaired) electrons. The van der Waals surface area contributed by atoms with Gasteiger partial charge in [-0.2, -0.15) is 0 Å². The number of phenols is 1. The molecule has 7 nitrogen and oxygen atoms in total. The number of hydrogen-bond acceptors (Lipinski definition) is 5. The first-order valence-electron chi connectivity index (χ1n) is 11.1. The number of anilines is 1. The predicted molar refractivity (Wildman–Crippen MR) is 133 cm³/mol. The summed E-state index contributed by atoms with van der Waals surface area (Å²) in [7, 11) is -2.12. The summed E-state index contributed by atoms with van der Waals surface area (Å²) < 4.78 is 6.71. The minimum Gasteiger partial charge on any atom is -0.506 e. The molecule has 0 bridgehead atoms. The van der Waals surface area contributed by atoms with E-state index >= 15 is 0 Å². The van der Waals surface area contributed by atoms with Gasteiger partial charge in [-0.3, -0.25) is 4.79 Å². The lowest BCUT2D eigenvalue weighted by atomic mass is 10.0. The number of carbonyl (C=O) groups excluding carboxylic acids is 1. The van der Waals surface area contributed by atoms with E-state index in [-0.39, 0.29) is 28.5 Å². The lowest BCUT2D eigenvalue weighted by Crippen LogP contribution is -2.44. The fourth-order valence-corrected chi connectivity index (χ4v) is 4.54. The summed E-state index contributed by atoms with van der Waals surface area (Å²) in [4.78, 5) is 22.2. The number of carbonyl (C=O) groups is 2.